The fourth-order valence-electron chi connectivity index (χ4n) is 2.01. The van der Waals surface area contributed by atoms with E-state index in [0.717, 1.165) is 25.9 Å². The number of halogens is 1. The first kappa shape index (κ1) is 11.0. The first-order valence-electron chi connectivity index (χ1n) is 5.32. The largest absolute Gasteiger partial charge is 0.305 e. The normalized spacial score (nSPS) is 16.6. The van der Waals surface area contributed by atoms with Gasteiger partial charge in [-0.1, -0.05) is 12.1 Å². The number of hydrogen-bond acceptors (Lipinski definition) is 3. The lowest BCUT2D eigenvalue weighted by Gasteiger charge is -2.14. The van der Waals surface area contributed by atoms with Gasteiger partial charge in [0.2, 0.25) is 5.82 Å². The molecule has 1 heterocycles. The highest BCUT2D eigenvalue weighted by molar-refractivity contribution is 5.36. The van der Waals surface area contributed by atoms with Crippen LogP contribution in [0.15, 0.2) is 18.2 Å². The van der Waals surface area contributed by atoms with Gasteiger partial charge in [0.05, 0.1) is 4.92 Å². The molecule has 1 aliphatic rings. The molecule has 0 unspecified atom stereocenters. The van der Waals surface area contributed by atoms with Crippen molar-refractivity contribution in [3.63, 3.8) is 0 Å². The van der Waals surface area contributed by atoms with E-state index in [1.54, 1.807) is 6.07 Å². The third-order valence-corrected chi connectivity index (χ3v) is 2.85. The van der Waals surface area contributed by atoms with Crippen molar-refractivity contribution in [3.05, 3.63) is 39.7 Å². The Balaban J connectivity index is 2.20. The minimum atomic E-state index is -0.695. The van der Waals surface area contributed by atoms with Crippen LogP contribution in [0.25, 0.3) is 0 Å². The van der Waals surface area contributed by atoms with Gasteiger partial charge in [-0.05, 0) is 25.9 Å². The van der Waals surface area contributed by atoms with Crippen molar-refractivity contribution in [2.45, 2.75) is 19.4 Å². The van der Waals surface area contributed by atoms with Crippen molar-refractivity contribution in [1.82, 2.24) is 4.90 Å². The molecular weight excluding hydrogens is 211 g/mol. The number of likely N-dealkylation sites (tertiary alicyclic amines) is 1. The highest BCUT2D eigenvalue weighted by atomic mass is 19.1. The fourth-order valence-corrected chi connectivity index (χ4v) is 2.01. The van der Waals surface area contributed by atoms with Crippen LogP contribution in [0, 0.1) is 15.9 Å². The zero-order chi connectivity index (χ0) is 11.5. The Morgan fingerprint density at radius 2 is 2.06 bits per heavy atom. The molecule has 0 spiro atoms. The third-order valence-electron chi connectivity index (χ3n) is 2.85. The monoisotopic (exact) mass is 224 g/mol. The summed E-state index contributed by atoms with van der Waals surface area (Å²) in [6.07, 6.45) is 2.24. The Morgan fingerprint density at radius 3 is 2.69 bits per heavy atom. The predicted molar refractivity (Wildman–Crippen MR) is 57.6 cm³/mol. The van der Waals surface area contributed by atoms with Gasteiger partial charge in [0.15, 0.2) is 0 Å². The molecule has 1 saturated heterocycles. The lowest BCUT2D eigenvalue weighted by atomic mass is 10.1. The highest BCUT2D eigenvalue weighted by Crippen LogP contribution is 2.22. The SMILES string of the molecule is O=[N+]([O-])c1cccc(CN2CCCC2)c1F. The van der Waals surface area contributed by atoms with Crippen molar-refractivity contribution in [2.75, 3.05) is 13.1 Å². The molecule has 0 amide bonds. The second-order valence-electron chi connectivity index (χ2n) is 3.99. The Bertz CT molecular complexity index is 403. The van der Waals surface area contributed by atoms with Crippen molar-refractivity contribution >= 4 is 5.69 Å². The number of nitro benzene ring substituents is 1. The molecule has 0 bridgehead atoms. The van der Waals surface area contributed by atoms with E-state index in [2.05, 4.69) is 4.90 Å². The van der Waals surface area contributed by atoms with Gasteiger partial charge in [0.1, 0.15) is 0 Å². The smallest absolute Gasteiger partial charge is 0.299 e. The van der Waals surface area contributed by atoms with Crippen LogP contribution in [0.4, 0.5) is 10.1 Å². The molecule has 86 valence electrons. The summed E-state index contributed by atoms with van der Waals surface area (Å²) < 4.78 is 13.7. The molecule has 0 aromatic heterocycles. The van der Waals surface area contributed by atoms with E-state index in [4.69, 9.17) is 0 Å². The van der Waals surface area contributed by atoms with E-state index in [1.807, 2.05) is 0 Å². The van der Waals surface area contributed by atoms with Crippen LogP contribution in [0.5, 0.6) is 0 Å². The molecule has 5 heteroatoms. The van der Waals surface area contributed by atoms with Crippen molar-refractivity contribution in [2.24, 2.45) is 0 Å². The van der Waals surface area contributed by atoms with Gasteiger partial charge < -0.3 is 0 Å². The van der Waals surface area contributed by atoms with Gasteiger partial charge in [0.25, 0.3) is 0 Å². The van der Waals surface area contributed by atoms with Gasteiger partial charge in [-0.25, -0.2) is 0 Å². The van der Waals surface area contributed by atoms with Crippen LogP contribution in [0.1, 0.15) is 18.4 Å². The Labute approximate surface area is 92.8 Å². The number of rotatable bonds is 3. The summed E-state index contributed by atoms with van der Waals surface area (Å²) in [4.78, 5) is 12.0. The molecule has 1 fully saturated rings. The van der Waals surface area contributed by atoms with Crippen molar-refractivity contribution in [1.29, 1.82) is 0 Å². The summed E-state index contributed by atoms with van der Waals surface area (Å²) in [5, 5.41) is 10.6. The molecular formula is C11H13FN2O2. The molecule has 1 aromatic carbocycles. The number of hydrogen-bond donors (Lipinski definition) is 0. The molecule has 16 heavy (non-hydrogen) atoms. The zero-order valence-electron chi connectivity index (χ0n) is 8.86. The second-order valence-corrected chi connectivity index (χ2v) is 3.99. The first-order chi connectivity index (χ1) is 7.68. The predicted octanol–water partition coefficient (Wildman–Crippen LogP) is 2.33. The summed E-state index contributed by atoms with van der Waals surface area (Å²) >= 11 is 0. The molecule has 2 rings (SSSR count). The van der Waals surface area contributed by atoms with E-state index < -0.39 is 16.4 Å². The standard InChI is InChI=1S/C11H13FN2O2/c12-11-9(8-13-6-1-2-7-13)4-3-5-10(11)14(15)16/h3-5H,1-2,6-8H2. The van der Waals surface area contributed by atoms with Crippen LogP contribution < -0.4 is 0 Å². The summed E-state index contributed by atoms with van der Waals surface area (Å²) in [6, 6.07) is 4.34. The molecule has 0 atom stereocenters. The van der Waals surface area contributed by atoms with Crippen LogP contribution in [-0.2, 0) is 6.54 Å². The summed E-state index contributed by atoms with van der Waals surface area (Å²) in [7, 11) is 0. The maximum Gasteiger partial charge on any atom is 0.305 e. The van der Waals surface area contributed by atoms with Crippen LogP contribution >= 0.6 is 0 Å². The van der Waals surface area contributed by atoms with Gasteiger partial charge in [0, 0.05) is 18.2 Å². The van der Waals surface area contributed by atoms with E-state index in [-0.39, 0.29) is 0 Å². The summed E-state index contributed by atoms with van der Waals surface area (Å²) in [5.41, 5.74) is -0.0206. The molecule has 0 aliphatic carbocycles. The quantitative estimate of drug-likeness (QED) is 0.584. The van der Waals surface area contributed by atoms with Gasteiger partial charge >= 0.3 is 5.69 Å². The van der Waals surface area contributed by atoms with E-state index >= 15 is 0 Å². The topological polar surface area (TPSA) is 46.4 Å². The second kappa shape index (κ2) is 4.57. The van der Waals surface area contributed by atoms with Crippen LogP contribution in [0.3, 0.4) is 0 Å². The molecule has 0 radical (unpaired) electrons. The maximum absolute atomic E-state index is 13.7. The number of nitro groups is 1. The van der Waals surface area contributed by atoms with Gasteiger partial charge in [-0.3, -0.25) is 15.0 Å². The fraction of sp³-hybridized carbons (Fsp3) is 0.455. The Hall–Kier alpha value is -1.49. The Morgan fingerprint density at radius 1 is 1.38 bits per heavy atom. The lowest BCUT2D eigenvalue weighted by molar-refractivity contribution is -0.387. The van der Waals surface area contributed by atoms with Crippen LogP contribution in [0.2, 0.25) is 0 Å². The minimum Gasteiger partial charge on any atom is -0.299 e. The van der Waals surface area contributed by atoms with Crippen molar-refractivity contribution < 1.29 is 9.31 Å². The lowest BCUT2D eigenvalue weighted by Crippen LogP contribution is -2.19. The van der Waals surface area contributed by atoms with E-state index in [1.165, 1.54) is 12.1 Å². The molecule has 1 aliphatic heterocycles. The average Bonchev–Trinajstić information content (AvgIpc) is 2.73. The highest BCUT2D eigenvalue weighted by Gasteiger charge is 2.20. The Kier molecular flexibility index (Phi) is 3.14. The molecule has 4 nitrogen and oxygen atoms in total. The summed E-state index contributed by atoms with van der Waals surface area (Å²) in [6.45, 7) is 2.36. The van der Waals surface area contributed by atoms with Gasteiger partial charge in [-0.15, -0.1) is 0 Å². The molecule has 1 aromatic rings. The van der Waals surface area contributed by atoms with Crippen LogP contribution in [-0.4, -0.2) is 22.9 Å². The first-order valence-corrected chi connectivity index (χ1v) is 5.32. The minimum absolute atomic E-state index is 0.413. The van der Waals surface area contributed by atoms with Gasteiger partial charge in [-0.2, -0.15) is 4.39 Å². The zero-order valence-corrected chi connectivity index (χ0v) is 8.86. The molecule has 0 saturated carbocycles. The maximum atomic E-state index is 13.7. The van der Waals surface area contributed by atoms with Crippen molar-refractivity contribution in [3.8, 4) is 0 Å². The summed E-state index contributed by atoms with van der Waals surface area (Å²) in [5.74, 6) is -0.695. The molecule has 0 N–H and O–H groups in total. The van der Waals surface area contributed by atoms with E-state index in [0.29, 0.717) is 12.1 Å². The average molecular weight is 224 g/mol. The number of benzene rings is 1. The third kappa shape index (κ3) is 2.19. The number of nitrogens with zero attached hydrogens (tertiary/aromatic N) is 2. The van der Waals surface area contributed by atoms with E-state index in [9.17, 15) is 14.5 Å².